The second-order valence-electron chi connectivity index (χ2n) is 22.3. The number of amides is 4. The van der Waals surface area contributed by atoms with Gasteiger partial charge >= 0.3 is 5.97 Å². The number of para-hydroxylation sites is 2. The molecule has 7 aromatic rings. The van der Waals surface area contributed by atoms with Crippen molar-refractivity contribution in [1.82, 2.24) is 30.0 Å². The van der Waals surface area contributed by atoms with Crippen LogP contribution in [0, 0.1) is 12.8 Å². The van der Waals surface area contributed by atoms with Crippen molar-refractivity contribution in [2.75, 3.05) is 47.8 Å². The minimum Gasteiger partial charge on any atom is -0.490 e. The number of ether oxygens (including phenoxy) is 2. The van der Waals surface area contributed by atoms with Gasteiger partial charge in [0.15, 0.2) is 10.8 Å². The SMILES string of the molecule is Cc1c(O[C@H]2CC[C@H](CCCC(=O)N3CCN(c4cccc5c(C6CCC(=O)NC6=O)nn(C)c45)CC3)CC2)cccc1-c1ccc(N2CCc3cccc(C(=O)Nc4nc5ccccc5s4)c3C2)nc1C(=O)OC(C)(C)C. The Morgan fingerprint density at radius 3 is 2.37 bits per heavy atom. The molecular weight excluding hydrogens is 1000 g/mol. The molecule has 4 aromatic carbocycles. The molecule has 2 N–H and O–H groups in total. The van der Waals surface area contributed by atoms with Crippen LogP contribution >= 0.6 is 11.3 Å². The summed E-state index contributed by atoms with van der Waals surface area (Å²) < 4.78 is 15.6. The molecule has 0 radical (unpaired) electrons. The Labute approximate surface area is 458 Å². The number of esters is 1. The van der Waals surface area contributed by atoms with Crippen molar-refractivity contribution in [3.63, 3.8) is 0 Å². The molecule has 404 valence electrons. The number of carbonyl (C=O) groups is 5. The van der Waals surface area contributed by atoms with Crippen LogP contribution in [-0.4, -0.2) is 98.7 Å². The molecule has 1 saturated carbocycles. The van der Waals surface area contributed by atoms with Gasteiger partial charge in [0.25, 0.3) is 5.91 Å². The van der Waals surface area contributed by atoms with Crippen LogP contribution in [0.15, 0.2) is 91.0 Å². The number of carbonyl (C=O) groups excluding carboxylic acids is 5. The first-order chi connectivity index (χ1) is 37.6. The number of thiazole rings is 1. The molecule has 2 saturated heterocycles. The van der Waals surface area contributed by atoms with E-state index in [1.807, 2.05) is 123 Å². The van der Waals surface area contributed by atoms with Crippen molar-refractivity contribution in [3.05, 3.63) is 125 Å². The van der Waals surface area contributed by atoms with Gasteiger partial charge in [0.05, 0.1) is 39.1 Å². The van der Waals surface area contributed by atoms with Crippen molar-refractivity contribution in [2.45, 2.75) is 116 Å². The molecule has 6 heterocycles. The number of fused-ring (bicyclic) bond motifs is 3. The van der Waals surface area contributed by atoms with Gasteiger partial charge in [-0.1, -0.05) is 59.9 Å². The van der Waals surface area contributed by atoms with Gasteiger partial charge in [-0.05, 0) is 150 Å². The van der Waals surface area contributed by atoms with Crippen molar-refractivity contribution >= 4 is 78.7 Å². The molecule has 1 aliphatic carbocycles. The number of anilines is 3. The minimum atomic E-state index is -0.749. The molecule has 4 aliphatic rings. The topological polar surface area (TPSA) is 181 Å². The fraction of sp³-hybridized carbons (Fsp3) is 0.410. The number of imide groups is 1. The maximum Gasteiger partial charge on any atom is 0.358 e. The molecule has 3 aromatic heterocycles. The summed E-state index contributed by atoms with van der Waals surface area (Å²) in [6.45, 7) is 11.4. The highest BCUT2D eigenvalue weighted by Crippen LogP contribution is 2.39. The minimum absolute atomic E-state index is 0.0512. The van der Waals surface area contributed by atoms with Crippen LogP contribution in [0.25, 0.3) is 32.2 Å². The van der Waals surface area contributed by atoms with E-state index < -0.39 is 17.5 Å². The number of hydrogen-bond acceptors (Lipinski definition) is 13. The number of benzene rings is 4. The lowest BCUT2D eigenvalue weighted by Crippen LogP contribution is -2.48. The smallest absolute Gasteiger partial charge is 0.358 e. The third kappa shape index (κ3) is 11.1. The fourth-order valence-electron chi connectivity index (χ4n) is 11.9. The Morgan fingerprint density at radius 2 is 1.59 bits per heavy atom. The lowest BCUT2D eigenvalue weighted by atomic mass is 9.84. The lowest BCUT2D eigenvalue weighted by Gasteiger charge is -2.36. The summed E-state index contributed by atoms with van der Waals surface area (Å²) in [5.41, 5.74) is 8.03. The molecule has 16 nitrogen and oxygen atoms in total. The quantitative estimate of drug-likeness (QED) is 0.0825. The maximum atomic E-state index is 14.1. The lowest BCUT2D eigenvalue weighted by molar-refractivity contribution is -0.134. The van der Waals surface area contributed by atoms with Crippen molar-refractivity contribution in [2.24, 2.45) is 13.0 Å². The summed E-state index contributed by atoms with van der Waals surface area (Å²) in [4.78, 5) is 82.1. The summed E-state index contributed by atoms with van der Waals surface area (Å²) in [6.07, 6.45) is 7.81. The highest BCUT2D eigenvalue weighted by atomic mass is 32.1. The zero-order valence-corrected chi connectivity index (χ0v) is 45.9. The number of hydrogen-bond donors (Lipinski definition) is 2. The molecule has 4 amide bonds. The van der Waals surface area contributed by atoms with Crippen molar-refractivity contribution in [1.29, 1.82) is 0 Å². The number of piperidine rings is 1. The second-order valence-corrected chi connectivity index (χ2v) is 23.3. The van der Waals surface area contributed by atoms with Crippen molar-refractivity contribution in [3.8, 4) is 16.9 Å². The maximum absolute atomic E-state index is 14.1. The summed E-state index contributed by atoms with van der Waals surface area (Å²) in [5.74, 6) is 0.413. The van der Waals surface area contributed by atoms with Gasteiger partial charge < -0.3 is 24.2 Å². The van der Waals surface area contributed by atoms with Crippen LogP contribution in [0.4, 0.5) is 16.6 Å². The molecule has 1 unspecified atom stereocenters. The van der Waals surface area contributed by atoms with E-state index in [2.05, 4.69) is 37.6 Å². The van der Waals surface area contributed by atoms with Crippen LogP contribution in [0.3, 0.4) is 0 Å². The highest BCUT2D eigenvalue weighted by molar-refractivity contribution is 7.22. The largest absolute Gasteiger partial charge is 0.490 e. The zero-order valence-electron chi connectivity index (χ0n) is 45.1. The first-order valence-electron chi connectivity index (χ1n) is 27.5. The number of aryl methyl sites for hydroxylation is 1. The molecule has 11 rings (SSSR count). The third-order valence-corrected chi connectivity index (χ3v) is 16.9. The Bertz CT molecular complexity index is 3420. The van der Waals surface area contributed by atoms with Crippen LogP contribution < -0.4 is 25.2 Å². The predicted octanol–water partition coefficient (Wildman–Crippen LogP) is 10.3. The average molecular weight is 1070 g/mol. The Hall–Kier alpha value is -7.66. The van der Waals surface area contributed by atoms with Gasteiger partial charge in [-0.25, -0.2) is 14.8 Å². The van der Waals surface area contributed by atoms with E-state index in [0.717, 1.165) is 93.3 Å². The monoisotopic (exact) mass is 1070 g/mol. The molecule has 17 heteroatoms. The van der Waals surface area contributed by atoms with Crippen LogP contribution in [0.1, 0.15) is 128 Å². The summed E-state index contributed by atoms with van der Waals surface area (Å²) in [7, 11) is 1.90. The van der Waals surface area contributed by atoms with Gasteiger partial charge in [0, 0.05) is 75.7 Å². The predicted molar refractivity (Wildman–Crippen MR) is 303 cm³/mol. The second kappa shape index (κ2) is 22.0. The first kappa shape index (κ1) is 52.4. The van der Waals surface area contributed by atoms with E-state index in [-0.39, 0.29) is 35.4 Å². The standard InChI is InChI=1S/C61H67N9O7S/c1-37-41(42-26-28-51(63-55(42)59(75)77-61(2,3)4)70-31-30-39-13-9-15-43(46(39)36-70)57(73)65-60-62-47-17-6-7-20-50(47)78-60)14-11-19-49(37)76-40-24-22-38(23-25-40)12-8-21-53(72)69-34-32-68(33-35-69)48-18-10-16-44-54(66-67(5)56(44)48)45-27-29-52(71)64-58(45)74/h6-7,9-11,13-20,26,28,38,40,45H,8,12,21-25,27,29-36H2,1-5H3,(H,62,65,73)(H,64,71,74)/t38-,40-,45?. The number of aromatic nitrogens is 4. The van der Waals surface area contributed by atoms with E-state index >= 15 is 0 Å². The Balaban J connectivity index is 0.692. The fourth-order valence-corrected chi connectivity index (χ4v) is 12.7. The summed E-state index contributed by atoms with van der Waals surface area (Å²) in [5, 5.41) is 11.7. The zero-order chi connectivity index (χ0) is 54.2. The van der Waals surface area contributed by atoms with Gasteiger partial charge in [-0.15, -0.1) is 0 Å². The van der Waals surface area contributed by atoms with Gasteiger partial charge in [-0.2, -0.15) is 5.10 Å². The van der Waals surface area contributed by atoms with Gasteiger partial charge in [0.1, 0.15) is 17.2 Å². The molecule has 0 bridgehead atoms. The molecule has 3 fully saturated rings. The number of rotatable bonds is 13. The van der Waals surface area contributed by atoms with E-state index in [0.29, 0.717) is 98.6 Å². The molecular formula is C61H67N9O7S. The van der Waals surface area contributed by atoms with Crippen LogP contribution in [0.2, 0.25) is 0 Å². The Kier molecular flexibility index (Phi) is 14.8. The van der Waals surface area contributed by atoms with Crippen molar-refractivity contribution < 1.29 is 33.4 Å². The molecule has 1 atom stereocenters. The van der Waals surface area contributed by atoms with E-state index in [1.54, 1.807) is 0 Å². The summed E-state index contributed by atoms with van der Waals surface area (Å²) >= 11 is 1.45. The normalized spacial score (nSPS) is 18.9. The molecule has 78 heavy (non-hydrogen) atoms. The van der Waals surface area contributed by atoms with Crippen LogP contribution in [-0.2, 0) is 39.1 Å². The van der Waals surface area contributed by atoms with Crippen LogP contribution in [0.5, 0.6) is 5.75 Å². The third-order valence-electron chi connectivity index (χ3n) is 15.9. The number of nitrogens with one attached hydrogen (secondary N) is 2. The van der Waals surface area contributed by atoms with Gasteiger partial charge in [0.2, 0.25) is 17.7 Å². The molecule has 0 spiro atoms. The summed E-state index contributed by atoms with van der Waals surface area (Å²) in [6, 6.07) is 29.6. The number of pyridine rings is 1. The number of piperazine rings is 1. The van der Waals surface area contributed by atoms with Gasteiger partial charge in [-0.3, -0.25) is 34.5 Å². The first-order valence-corrected chi connectivity index (χ1v) is 28.3. The Morgan fingerprint density at radius 1 is 0.808 bits per heavy atom. The average Bonchev–Trinajstić information content (AvgIpc) is 4.11. The van der Waals surface area contributed by atoms with E-state index in [9.17, 15) is 24.0 Å². The van der Waals surface area contributed by atoms with E-state index in [1.165, 1.54) is 11.3 Å². The number of nitrogens with zero attached hydrogens (tertiary/aromatic N) is 7. The van der Waals surface area contributed by atoms with E-state index in [4.69, 9.17) is 19.6 Å². The molecule has 3 aliphatic heterocycles. The highest BCUT2D eigenvalue weighted by Gasteiger charge is 2.34.